The number of benzene rings is 2. The quantitative estimate of drug-likeness (QED) is 0.568. The summed E-state index contributed by atoms with van der Waals surface area (Å²) in [5.74, 6) is 0.594. The second-order valence-corrected chi connectivity index (χ2v) is 6.47. The summed E-state index contributed by atoms with van der Waals surface area (Å²) in [6, 6.07) is 19.3. The Morgan fingerprint density at radius 1 is 1.15 bits per heavy atom. The maximum atomic E-state index is 12.6. The monoisotopic (exact) mass is 363 g/mol. The van der Waals surface area contributed by atoms with E-state index in [9.17, 15) is 4.79 Å². The minimum atomic E-state index is -0.186. The van der Waals surface area contributed by atoms with Crippen LogP contribution in [0.3, 0.4) is 0 Å². The van der Waals surface area contributed by atoms with Gasteiger partial charge >= 0.3 is 0 Å². The van der Waals surface area contributed by atoms with E-state index in [0.717, 1.165) is 29.7 Å². The maximum absolute atomic E-state index is 12.6. The van der Waals surface area contributed by atoms with Gasteiger partial charge in [0.25, 0.3) is 5.91 Å². The van der Waals surface area contributed by atoms with E-state index >= 15 is 0 Å². The van der Waals surface area contributed by atoms with Crippen LogP contribution in [-0.2, 0) is 0 Å². The van der Waals surface area contributed by atoms with Gasteiger partial charge in [-0.2, -0.15) is 5.10 Å². The van der Waals surface area contributed by atoms with Crippen molar-refractivity contribution in [1.82, 2.24) is 15.5 Å². The van der Waals surface area contributed by atoms with Crippen LogP contribution in [0.15, 0.2) is 60.7 Å². The second kappa shape index (κ2) is 9.03. The molecular weight excluding hydrogens is 338 g/mol. The predicted molar refractivity (Wildman–Crippen MR) is 107 cm³/mol. The lowest BCUT2D eigenvalue weighted by atomic mass is 10.1. The zero-order chi connectivity index (χ0) is 19.1. The van der Waals surface area contributed by atoms with E-state index in [1.807, 2.05) is 61.5 Å². The summed E-state index contributed by atoms with van der Waals surface area (Å²) < 4.78 is 5.87. The molecule has 3 rings (SSSR count). The summed E-state index contributed by atoms with van der Waals surface area (Å²) >= 11 is 0. The molecule has 1 atom stereocenters. The lowest BCUT2D eigenvalue weighted by Gasteiger charge is -2.13. The minimum Gasteiger partial charge on any atom is -0.493 e. The SMILES string of the molecule is CCCCOc1ccccc1-c1cc(C(=O)N[C@H](C)c2ccccc2)[nH]n1. The van der Waals surface area contributed by atoms with Gasteiger partial charge in [-0.15, -0.1) is 0 Å². The first kappa shape index (κ1) is 18.7. The van der Waals surface area contributed by atoms with E-state index in [2.05, 4.69) is 22.4 Å². The van der Waals surface area contributed by atoms with Gasteiger partial charge in [0.1, 0.15) is 11.4 Å². The topological polar surface area (TPSA) is 67.0 Å². The van der Waals surface area contributed by atoms with Crippen molar-refractivity contribution in [3.63, 3.8) is 0 Å². The number of H-pyrrole nitrogens is 1. The molecule has 2 aromatic carbocycles. The van der Waals surface area contributed by atoms with Crippen LogP contribution in [0.5, 0.6) is 5.75 Å². The van der Waals surface area contributed by atoms with Crippen molar-refractivity contribution in [2.45, 2.75) is 32.7 Å². The highest BCUT2D eigenvalue weighted by Crippen LogP contribution is 2.29. The second-order valence-electron chi connectivity index (χ2n) is 6.47. The molecule has 140 valence electrons. The van der Waals surface area contributed by atoms with Crippen molar-refractivity contribution in [1.29, 1.82) is 0 Å². The lowest BCUT2D eigenvalue weighted by Crippen LogP contribution is -2.26. The molecule has 1 aromatic heterocycles. The van der Waals surface area contributed by atoms with E-state index in [0.29, 0.717) is 18.0 Å². The van der Waals surface area contributed by atoms with Gasteiger partial charge in [-0.25, -0.2) is 0 Å². The highest BCUT2D eigenvalue weighted by atomic mass is 16.5. The van der Waals surface area contributed by atoms with Crippen LogP contribution in [-0.4, -0.2) is 22.7 Å². The number of unbranched alkanes of at least 4 members (excludes halogenated alkanes) is 1. The summed E-state index contributed by atoms with van der Waals surface area (Å²) in [5, 5.41) is 10.1. The molecule has 0 bridgehead atoms. The molecule has 0 aliphatic rings. The third-order valence-electron chi connectivity index (χ3n) is 4.39. The lowest BCUT2D eigenvalue weighted by molar-refractivity contribution is 0.0935. The first-order chi connectivity index (χ1) is 13.2. The summed E-state index contributed by atoms with van der Waals surface area (Å²) in [6.45, 7) is 4.76. The van der Waals surface area contributed by atoms with E-state index in [1.54, 1.807) is 6.07 Å². The number of carbonyl (C=O) groups excluding carboxylic acids is 1. The van der Waals surface area contributed by atoms with Crippen LogP contribution in [0.4, 0.5) is 0 Å². The largest absolute Gasteiger partial charge is 0.493 e. The molecule has 5 nitrogen and oxygen atoms in total. The Labute approximate surface area is 159 Å². The molecule has 0 aliphatic carbocycles. The summed E-state index contributed by atoms with van der Waals surface area (Å²) in [7, 11) is 0. The van der Waals surface area contributed by atoms with Gasteiger partial charge in [0.05, 0.1) is 18.3 Å². The van der Waals surface area contributed by atoms with E-state index < -0.39 is 0 Å². The highest BCUT2D eigenvalue weighted by Gasteiger charge is 2.16. The molecule has 0 radical (unpaired) electrons. The molecule has 2 N–H and O–H groups in total. The number of carbonyl (C=O) groups is 1. The summed E-state index contributed by atoms with van der Waals surface area (Å²) in [4.78, 5) is 12.6. The maximum Gasteiger partial charge on any atom is 0.269 e. The van der Waals surface area contributed by atoms with Crippen molar-refractivity contribution in [2.24, 2.45) is 0 Å². The van der Waals surface area contributed by atoms with Crippen molar-refractivity contribution in [3.8, 4) is 17.0 Å². The average Bonchev–Trinajstić information content (AvgIpc) is 3.19. The molecule has 27 heavy (non-hydrogen) atoms. The van der Waals surface area contributed by atoms with Crippen molar-refractivity contribution >= 4 is 5.91 Å². The van der Waals surface area contributed by atoms with E-state index in [-0.39, 0.29) is 11.9 Å². The number of aromatic amines is 1. The smallest absolute Gasteiger partial charge is 0.269 e. The van der Waals surface area contributed by atoms with E-state index in [4.69, 9.17) is 4.74 Å². The molecule has 1 heterocycles. The molecule has 0 saturated heterocycles. The Balaban J connectivity index is 1.72. The number of hydrogen-bond donors (Lipinski definition) is 2. The zero-order valence-electron chi connectivity index (χ0n) is 15.7. The molecule has 0 saturated carbocycles. The summed E-state index contributed by atoms with van der Waals surface area (Å²) in [6.07, 6.45) is 2.08. The van der Waals surface area contributed by atoms with Crippen molar-refractivity contribution < 1.29 is 9.53 Å². The third kappa shape index (κ3) is 4.76. The van der Waals surface area contributed by atoms with Crippen molar-refractivity contribution in [3.05, 3.63) is 71.9 Å². The Kier molecular flexibility index (Phi) is 6.26. The van der Waals surface area contributed by atoms with Crippen LogP contribution in [0.2, 0.25) is 0 Å². The van der Waals surface area contributed by atoms with Gasteiger partial charge in [0.2, 0.25) is 0 Å². The van der Waals surface area contributed by atoms with Gasteiger partial charge in [-0.05, 0) is 37.1 Å². The molecule has 5 heteroatoms. The van der Waals surface area contributed by atoms with Gasteiger partial charge in [0.15, 0.2) is 0 Å². The fraction of sp³-hybridized carbons (Fsp3) is 0.273. The number of aromatic nitrogens is 2. The molecule has 1 amide bonds. The molecule has 0 fully saturated rings. The number of hydrogen-bond acceptors (Lipinski definition) is 3. The molecular formula is C22H25N3O2. The Morgan fingerprint density at radius 3 is 2.67 bits per heavy atom. The van der Waals surface area contributed by atoms with Gasteiger partial charge in [0, 0.05) is 5.56 Å². The molecule has 3 aromatic rings. The fourth-order valence-electron chi connectivity index (χ4n) is 2.81. The van der Waals surface area contributed by atoms with Gasteiger partial charge in [-0.3, -0.25) is 9.89 Å². The Morgan fingerprint density at radius 2 is 1.89 bits per heavy atom. The third-order valence-corrected chi connectivity index (χ3v) is 4.39. The molecule has 0 unspecified atom stereocenters. The molecule has 0 aliphatic heterocycles. The normalized spacial score (nSPS) is 11.8. The average molecular weight is 363 g/mol. The van der Waals surface area contributed by atoms with Crippen LogP contribution in [0.1, 0.15) is 48.8 Å². The zero-order valence-corrected chi connectivity index (χ0v) is 15.7. The number of amides is 1. The first-order valence-electron chi connectivity index (χ1n) is 9.32. The number of nitrogens with one attached hydrogen (secondary N) is 2. The number of rotatable bonds is 8. The van der Waals surface area contributed by atoms with Crippen LogP contribution in [0, 0.1) is 0 Å². The van der Waals surface area contributed by atoms with Crippen LogP contribution < -0.4 is 10.1 Å². The van der Waals surface area contributed by atoms with Crippen molar-refractivity contribution in [2.75, 3.05) is 6.61 Å². The number of para-hydroxylation sites is 1. The van der Waals surface area contributed by atoms with Gasteiger partial charge < -0.3 is 10.1 Å². The van der Waals surface area contributed by atoms with E-state index in [1.165, 1.54) is 0 Å². The predicted octanol–water partition coefficient (Wildman–Crippen LogP) is 4.75. The molecule has 0 spiro atoms. The minimum absolute atomic E-state index is 0.0879. The summed E-state index contributed by atoms with van der Waals surface area (Å²) in [5.41, 5.74) is 3.05. The standard InChI is InChI=1S/C22H25N3O2/c1-3-4-14-27-21-13-9-8-12-18(21)19-15-20(25-24-19)22(26)23-16(2)17-10-6-5-7-11-17/h5-13,15-16H,3-4,14H2,1-2H3,(H,23,26)(H,24,25)/t16-/m1/s1. The highest BCUT2D eigenvalue weighted by molar-refractivity contribution is 5.93. The fourth-order valence-corrected chi connectivity index (χ4v) is 2.81. The Hall–Kier alpha value is -3.08. The Bertz CT molecular complexity index is 874. The number of nitrogens with zero attached hydrogens (tertiary/aromatic N) is 1. The van der Waals surface area contributed by atoms with Gasteiger partial charge in [-0.1, -0.05) is 55.8 Å². The van der Waals surface area contributed by atoms with Crippen LogP contribution in [0.25, 0.3) is 11.3 Å². The van der Waals surface area contributed by atoms with Crippen LogP contribution >= 0.6 is 0 Å². The number of ether oxygens (including phenoxy) is 1. The first-order valence-corrected chi connectivity index (χ1v) is 9.32.